The van der Waals surface area contributed by atoms with Gasteiger partial charge in [-0.05, 0) is 32.4 Å². The Bertz CT molecular complexity index is 619. The fourth-order valence-electron chi connectivity index (χ4n) is 2.33. The van der Waals surface area contributed by atoms with Crippen molar-refractivity contribution in [3.8, 4) is 11.5 Å². The van der Waals surface area contributed by atoms with Crippen molar-refractivity contribution in [3.63, 3.8) is 0 Å². The first-order chi connectivity index (χ1) is 11.4. The van der Waals surface area contributed by atoms with Gasteiger partial charge in [0.1, 0.15) is 12.1 Å². The molecule has 24 heavy (non-hydrogen) atoms. The summed E-state index contributed by atoms with van der Waals surface area (Å²) in [6.07, 6.45) is -0.0966. The van der Waals surface area contributed by atoms with E-state index in [1.54, 1.807) is 39.1 Å². The summed E-state index contributed by atoms with van der Waals surface area (Å²) in [5.74, 6) is 0.489. The maximum atomic E-state index is 12.2. The summed E-state index contributed by atoms with van der Waals surface area (Å²) in [4.78, 5) is 23.8. The van der Waals surface area contributed by atoms with Crippen LogP contribution in [0.4, 0.5) is 5.69 Å². The number of fused-ring (bicyclic) bond motifs is 1. The average molecular weight is 336 g/mol. The SMILES string of the molecule is CCOC(=O)C(C)(CC)Nc1ccc2c(c1)OCC(C(=O)NC)O2. The van der Waals surface area contributed by atoms with Crippen molar-refractivity contribution in [2.24, 2.45) is 0 Å². The summed E-state index contributed by atoms with van der Waals surface area (Å²) >= 11 is 0. The van der Waals surface area contributed by atoms with E-state index < -0.39 is 11.6 Å². The van der Waals surface area contributed by atoms with Gasteiger partial charge in [0.15, 0.2) is 11.5 Å². The number of ether oxygens (including phenoxy) is 3. The second kappa shape index (κ2) is 7.42. The minimum Gasteiger partial charge on any atom is -0.485 e. The molecule has 1 amide bonds. The highest BCUT2D eigenvalue weighted by atomic mass is 16.6. The Morgan fingerprint density at radius 2 is 2.08 bits per heavy atom. The Balaban J connectivity index is 2.15. The van der Waals surface area contributed by atoms with E-state index in [-0.39, 0.29) is 18.5 Å². The Hall–Kier alpha value is -2.44. The minimum absolute atomic E-state index is 0.138. The average Bonchev–Trinajstić information content (AvgIpc) is 2.60. The zero-order valence-electron chi connectivity index (χ0n) is 14.5. The molecular weight excluding hydrogens is 312 g/mol. The van der Waals surface area contributed by atoms with Crippen molar-refractivity contribution >= 4 is 17.6 Å². The van der Waals surface area contributed by atoms with Crippen LogP contribution in [0.5, 0.6) is 11.5 Å². The van der Waals surface area contributed by atoms with Gasteiger partial charge in [-0.15, -0.1) is 0 Å². The zero-order chi connectivity index (χ0) is 17.7. The Labute approximate surface area is 141 Å². The van der Waals surface area contributed by atoms with Crippen LogP contribution in [-0.2, 0) is 14.3 Å². The van der Waals surface area contributed by atoms with Crippen LogP contribution >= 0.6 is 0 Å². The number of anilines is 1. The van der Waals surface area contributed by atoms with E-state index in [0.717, 1.165) is 0 Å². The second-order valence-corrected chi connectivity index (χ2v) is 5.72. The predicted octanol–water partition coefficient (Wildman–Crippen LogP) is 1.72. The van der Waals surface area contributed by atoms with E-state index in [1.165, 1.54) is 0 Å². The lowest BCUT2D eigenvalue weighted by Crippen LogP contribution is -2.44. The van der Waals surface area contributed by atoms with Gasteiger partial charge in [-0.3, -0.25) is 4.79 Å². The second-order valence-electron chi connectivity index (χ2n) is 5.72. The van der Waals surface area contributed by atoms with Gasteiger partial charge in [-0.25, -0.2) is 4.79 Å². The van der Waals surface area contributed by atoms with Crippen LogP contribution in [0.1, 0.15) is 27.2 Å². The summed E-state index contributed by atoms with van der Waals surface area (Å²) in [7, 11) is 1.55. The van der Waals surface area contributed by atoms with Crippen molar-refractivity contribution in [3.05, 3.63) is 18.2 Å². The van der Waals surface area contributed by atoms with E-state index in [1.807, 2.05) is 6.92 Å². The van der Waals surface area contributed by atoms with Crippen molar-refractivity contribution < 1.29 is 23.8 Å². The van der Waals surface area contributed by atoms with Crippen molar-refractivity contribution in [2.75, 3.05) is 25.6 Å². The molecule has 0 saturated heterocycles. The third-order valence-electron chi connectivity index (χ3n) is 4.00. The van der Waals surface area contributed by atoms with E-state index in [0.29, 0.717) is 30.2 Å². The van der Waals surface area contributed by atoms with Gasteiger partial charge < -0.3 is 24.8 Å². The lowest BCUT2D eigenvalue weighted by molar-refractivity contribution is -0.148. The van der Waals surface area contributed by atoms with Gasteiger partial charge in [0.05, 0.1) is 6.61 Å². The molecule has 0 aromatic heterocycles. The highest BCUT2D eigenvalue weighted by Crippen LogP contribution is 2.35. The number of hydrogen-bond acceptors (Lipinski definition) is 6. The number of rotatable bonds is 6. The van der Waals surface area contributed by atoms with E-state index in [2.05, 4.69) is 10.6 Å². The Morgan fingerprint density at radius 1 is 1.33 bits per heavy atom. The fraction of sp³-hybridized carbons (Fsp3) is 0.529. The van der Waals surface area contributed by atoms with Crippen LogP contribution in [0.3, 0.4) is 0 Å². The molecule has 2 rings (SSSR count). The zero-order valence-corrected chi connectivity index (χ0v) is 14.5. The maximum absolute atomic E-state index is 12.2. The molecule has 0 aliphatic carbocycles. The van der Waals surface area contributed by atoms with Crippen LogP contribution < -0.4 is 20.1 Å². The highest BCUT2D eigenvalue weighted by Gasteiger charge is 2.33. The molecular formula is C17H24N2O5. The smallest absolute Gasteiger partial charge is 0.331 e. The summed E-state index contributed by atoms with van der Waals surface area (Å²) < 4.78 is 16.4. The Morgan fingerprint density at radius 3 is 2.71 bits per heavy atom. The fourth-order valence-corrected chi connectivity index (χ4v) is 2.33. The molecule has 7 nitrogen and oxygen atoms in total. The largest absolute Gasteiger partial charge is 0.485 e. The minimum atomic E-state index is -0.829. The first kappa shape index (κ1) is 17.9. The quantitative estimate of drug-likeness (QED) is 0.769. The number of hydrogen-bond donors (Lipinski definition) is 2. The molecule has 0 saturated carbocycles. The highest BCUT2D eigenvalue weighted by molar-refractivity contribution is 5.84. The summed E-state index contributed by atoms with van der Waals surface area (Å²) in [5, 5.41) is 5.73. The van der Waals surface area contributed by atoms with Gasteiger partial charge in [-0.2, -0.15) is 0 Å². The molecule has 1 aliphatic rings. The molecule has 0 bridgehead atoms. The molecule has 2 N–H and O–H groups in total. The topological polar surface area (TPSA) is 85.9 Å². The summed E-state index contributed by atoms with van der Waals surface area (Å²) in [6.45, 7) is 5.96. The number of esters is 1. The number of likely N-dealkylation sites (N-methyl/N-ethyl adjacent to an activating group) is 1. The van der Waals surface area contributed by atoms with Crippen molar-refractivity contribution in [2.45, 2.75) is 38.8 Å². The first-order valence-electron chi connectivity index (χ1n) is 8.04. The van der Waals surface area contributed by atoms with Crippen LogP contribution in [0.15, 0.2) is 18.2 Å². The van der Waals surface area contributed by atoms with Gasteiger partial charge in [0.25, 0.3) is 5.91 Å². The molecule has 1 aliphatic heterocycles. The maximum Gasteiger partial charge on any atom is 0.331 e. The predicted molar refractivity (Wildman–Crippen MR) is 89.4 cm³/mol. The number of amides is 1. The monoisotopic (exact) mass is 336 g/mol. The van der Waals surface area contributed by atoms with E-state index in [4.69, 9.17) is 14.2 Å². The molecule has 0 spiro atoms. The van der Waals surface area contributed by atoms with Crippen molar-refractivity contribution in [1.82, 2.24) is 5.32 Å². The molecule has 2 atom stereocenters. The summed E-state index contributed by atoms with van der Waals surface area (Å²) in [6, 6.07) is 5.25. The normalized spacial score (nSPS) is 18.2. The molecule has 1 aromatic carbocycles. The molecule has 1 aromatic rings. The lowest BCUT2D eigenvalue weighted by Gasteiger charge is -2.30. The Kier molecular flexibility index (Phi) is 5.54. The van der Waals surface area contributed by atoms with Gasteiger partial charge in [0.2, 0.25) is 6.10 Å². The number of carbonyl (C=O) groups excluding carboxylic acids is 2. The van der Waals surface area contributed by atoms with Gasteiger partial charge in [-0.1, -0.05) is 6.92 Å². The van der Waals surface area contributed by atoms with E-state index >= 15 is 0 Å². The molecule has 7 heteroatoms. The third-order valence-corrected chi connectivity index (χ3v) is 4.00. The summed E-state index contributed by atoms with van der Waals surface area (Å²) in [5.41, 5.74) is -0.113. The number of benzene rings is 1. The van der Waals surface area contributed by atoms with Crippen LogP contribution in [0, 0.1) is 0 Å². The molecule has 0 radical (unpaired) electrons. The van der Waals surface area contributed by atoms with Gasteiger partial charge >= 0.3 is 5.97 Å². The lowest BCUT2D eigenvalue weighted by atomic mass is 9.98. The van der Waals surface area contributed by atoms with E-state index in [9.17, 15) is 9.59 Å². The van der Waals surface area contributed by atoms with Crippen LogP contribution in [0.2, 0.25) is 0 Å². The number of carbonyl (C=O) groups is 2. The standard InChI is InChI=1S/C17H24N2O5/c1-5-17(3,16(21)22-6-2)19-11-7-8-12-13(9-11)23-10-14(24-12)15(20)18-4/h7-9,14,19H,5-6,10H2,1-4H3,(H,18,20). The number of nitrogens with one attached hydrogen (secondary N) is 2. The van der Waals surface area contributed by atoms with Crippen molar-refractivity contribution in [1.29, 1.82) is 0 Å². The molecule has 1 heterocycles. The first-order valence-corrected chi connectivity index (χ1v) is 8.04. The molecule has 0 fully saturated rings. The van der Waals surface area contributed by atoms with Gasteiger partial charge in [0, 0.05) is 18.8 Å². The molecule has 2 unspecified atom stereocenters. The molecule has 132 valence electrons. The van der Waals surface area contributed by atoms with Crippen LogP contribution in [-0.4, -0.2) is 43.8 Å². The third kappa shape index (κ3) is 3.72. The van der Waals surface area contributed by atoms with Crippen LogP contribution in [0.25, 0.3) is 0 Å².